The van der Waals surface area contributed by atoms with Gasteiger partial charge in [0.2, 0.25) is 0 Å². The van der Waals surface area contributed by atoms with Crippen LogP contribution in [-0.2, 0) is 0 Å². The fraction of sp³-hybridized carbons (Fsp3) is 0.444. The van der Waals surface area contributed by atoms with E-state index in [1.165, 1.54) is 11.3 Å². The Hall–Kier alpha value is -1.88. The Labute approximate surface area is 139 Å². The summed E-state index contributed by atoms with van der Waals surface area (Å²) in [6.45, 7) is 0.733. The molecule has 0 unspecified atom stereocenters. The molecular formula is C18H19NO3S. The molecule has 0 bridgehead atoms. The van der Waals surface area contributed by atoms with Crippen LogP contribution >= 0.6 is 11.3 Å². The Kier molecular flexibility index (Phi) is 3.81. The minimum absolute atomic E-state index is 0.0130. The molecule has 1 aliphatic carbocycles. The van der Waals surface area contributed by atoms with Crippen molar-refractivity contribution in [3.63, 3.8) is 0 Å². The van der Waals surface area contributed by atoms with Crippen LogP contribution < -0.4 is 0 Å². The first-order valence-corrected chi connectivity index (χ1v) is 9.07. The van der Waals surface area contributed by atoms with Crippen LogP contribution in [0.15, 0.2) is 34.3 Å². The molecular weight excluding hydrogens is 310 g/mol. The Morgan fingerprint density at radius 3 is 2.87 bits per heavy atom. The van der Waals surface area contributed by atoms with Crippen molar-refractivity contribution in [2.75, 3.05) is 6.54 Å². The first kappa shape index (κ1) is 14.7. The number of carbonyl (C=O) groups is 2. The van der Waals surface area contributed by atoms with Crippen LogP contribution in [0.4, 0.5) is 0 Å². The van der Waals surface area contributed by atoms with Gasteiger partial charge in [-0.2, -0.15) is 0 Å². The number of carbonyl (C=O) groups excluding carboxylic acids is 2. The van der Waals surface area contributed by atoms with Crippen LogP contribution in [-0.4, -0.2) is 29.2 Å². The van der Waals surface area contributed by atoms with Crippen LogP contribution in [0.3, 0.4) is 0 Å². The third-order valence-corrected chi connectivity index (χ3v) is 5.64. The number of nitrogens with zero attached hydrogens (tertiary/aromatic N) is 1. The van der Waals surface area contributed by atoms with E-state index >= 15 is 0 Å². The van der Waals surface area contributed by atoms with Gasteiger partial charge in [0.25, 0.3) is 5.91 Å². The summed E-state index contributed by atoms with van der Waals surface area (Å²) in [6.07, 6.45) is 6.11. The largest absolute Gasteiger partial charge is 0.468 e. The lowest BCUT2D eigenvalue weighted by Crippen LogP contribution is -2.37. The molecule has 1 amide bonds. The molecule has 3 heterocycles. The number of likely N-dealkylation sites (tertiary alicyclic amines) is 1. The minimum Gasteiger partial charge on any atom is -0.468 e. The smallest absolute Gasteiger partial charge is 0.257 e. The fourth-order valence-electron chi connectivity index (χ4n) is 3.38. The Balaban J connectivity index is 1.49. The molecule has 5 heteroatoms. The molecule has 23 heavy (non-hydrogen) atoms. The van der Waals surface area contributed by atoms with E-state index in [0.717, 1.165) is 42.9 Å². The van der Waals surface area contributed by atoms with Gasteiger partial charge in [0, 0.05) is 24.9 Å². The summed E-state index contributed by atoms with van der Waals surface area (Å²) < 4.78 is 5.53. The van der Waals surface area contributed by atoms with Gasteiger partial charge in [-0.15, -0.1) is 11.3 Å². The number of furan rings is 1. The van der Waals surface area contributed by atoms with Crippen LogP contribution in [0, 0.1) is 0 Å². The average Bonchev–Trinajstić information content (AvgIpc) is 3.03. The third-order valence-electron chi connectivity index (χ3n) is 4.73. The molecule has 2 aliphatic rings. The quantitative estimate of drug-likeness (QED) is 0.776. The minimum atomic E-state index is 0.0130. The number of hydrogen-bond acceptors (Lipinski definition) is 4. The van der Waals surface area contributed by atoms with E-state index in [1.807, 2.05) is 22.4 Å². The van der Waals surface area contributed by atoms with E-state index in [0.29, 0.717) is 17.9 Å². The van der Waals surface area contributed by atoms with Gasteiger partial charge in [-0.25, -0.2) is 0 Å². The van der Waals surface area contributed by atoms with E-state index in [2.05, 4.69) is 0 Å². The molecule has 1 saturated carbocycles. The highest BCUT2D eigenvalue weighted by Gasteiger charge is 2.36. The summed E-state index contributed by atoms with van der Waals surface area (Å²) in [4.78, 5) is 27.9. The lowest BCUT2D eigenvalue weighted by atomic mass is 10.1. The Morgan fingerprint density at radius 1 is 1.26 bits per heavy atom. The van der Waals surface area contributed by atoms with Gasteiger partial charge < -0.3 is 9.32 Å². The average molecular weight is 329 g/mol. The molecule has 1 atom stereocenters. The van der Waals surface area contributed by atoms with Crippen LogP contribution in [0.25, 0.3) is 0 Å². The highest BCUT2D eigenvalue weighted by atomic mass is 32.1. The van der Waals surface area contributed by atoms with Gasteiger partial charge in [0.05, 0.1) is 16.7 Å². The molecule has 0 radical (unpaired) electrons. The molecule has 0 spiro atoms. The second kappa shape index (κ2) is 5.96. The number of Topliss-reactive ketones (excluding diaryl/α,β-unsaturated/α-hetero) is 1. The van der Waals surface area contributed by atoms with Crippen LogP contribution in [0.1, 0.15) is 63.8 Å². The Bertz CT molecular complexity index is 714. The summed E-state index contributed by atoms with van der Waals surface area (Å²) >= 11 is 1.47. The number of hydrogen-bond donors (Lipinski definition) is 0. The zero-order valence-electron chi connectivity index (χ0n) is 12.9. The van der Waals surface area contributed by atoms with Gasteiger partial charge in [-0.05, 0) is 43.2 Å². The van der Waals surface area contributed by atoms with E-state index in [1.54, 1.807) is 12.3 Å². The van der Waals surface area contributed by atoms with Gasteiger partial charge in [0.1, 0.15) is 5.76 Å². The maximum atomic E-state index is 12.9. The fourth-order valence-corrected chi connectivity index (χ4v) is 4.06. The SMILES string of the molecule is O=C(C[C@@H]1CCCN1C(=O)c1ccoc1C1CC1)c1cccs1. The molecule has 2 aromatic heterocycles. The molecule has 1 aliphatic heterocycles. The van der Waals surface area contributed by atoms with Crippen molar-refractivity contribution in [3.8, 4) is 0 Å². The first-order chi connectivity index (χ1) is 11.2. The lowest BCUT2D eigenvalue weighted by molar-refractivity contribution is 0.0715. The second-order valence-corrected chi connectivity index (χ2v) is 7.32. The van der Waals surface area contributed by atoms with Crippen molar-refractivity contribution in [3.05, 3.63) is 46.0 Å². The van der Waals surface area contributed by atoms with E-state index < -0.39 is 0 Å². The van der Waals surface area contributed by atoms with Gasteiger partial charge in [-0.1, -0.05) is 6.07 Å². The normalized spacial score (nSPS) is 20.9. The zero-order chi connectivity index (χ0) is 15.8. The molecule has 2 aromatic rings. The second-order valence-electron chi connectivity index (χ2n) is 6.37. The number of thiophene rings is 1. The molecule has 4 nitrogen and oxygen atoms in total. The topological polar surface area (TPSA) is 50.5 Å². The van der Waals surface area contributed by atoms with Gasteiger partial charge >= 0.3 is 0 Å². The molecule has 120 valence electrons. The van der Waals surface area contributed by atoms with Crippen molar-refractivity contribution in [2.24, 2.45) is 0 Å². The standard InChI is InChI=1S/C18H19NO3S/c20-15(16-4-2-10-23-16)11-13-3-1-8-19(13)18(21)14-7-9-22-17(14)12-5-6-12/h2,4,7,9-10,12-13H,1,3,5-6,8,11H2/t13-/m0/s1. The first-order valence-electron chi connectivity index (χ1n) is 8.19. The van der Waals surface area contributed by atoms with Crippen LogP contribution in [0.2, 0.25) is 0 Å². The predicted octanol–water partition coefficient (Wildman–Crippen LogP) is 4.10. The summed E-state index contributed by atoms with van der Waals surface area (Å²) in [5.41, 5.74) is 0.697. The number of amides is 1. The zero-order valence-corrected chi connectivity index (χ0v) is 13.7. The van der Waals surface area contributed by atoms with Crippen molar-refractivity contribution in [1.82, 2.24) is 4.90 Å². The van der Waals surface area contributed by atoms with Crippen molar-refractivity contribution < 1.29 is 14.0 Å². The summed E-state index contributed by atoms with van der Waals surface area (Å²) in [6, 6.07) is 5.55. The molecule has 1 saturated heterocycles. The Morgan fingerprint density at radius 2 is 2.13 bits per heavy atom. The molecule has 0 aromatic carbocycles. The maximum Gasteiger partial charge on any atom is 0.257 e. The van der Waals surface area contributed by atoms with E-state index in [4.69, 9.17) is 4.42 Å². The predicted molar refractivity (Wildman–Crippen MR) is 88.0 cm³/mol. The number of rotatable bonds is 5. The highest BCUT2D eigenvalue weighted by molar-refractivity contribution is 7.12. The summed E-state index contributed by atoms with van der Waals surface area (Å²) in [5, 5.41) is 1.91. The molecule has 2 fully saturated rings. The van der Waals surface area contributed by atoms with Gasteiger partial charge in [0.15, 0.2) is 5.78 Å². The van der Waals surface area contributed by atoms with E-state index in [-0.39, 0.29) is 17.7 Å². The maximum absolute atomic E-state index is 12.9. The lowest BCUT2D eigenvalue weighted by Gasteiger charge is -2.24. The van der Waals surface area contributed by atoms with Crippen molar-refractivity contribution >= 4 is 23.0 Å². The molecule has 0 N–H and O–H groups in total. The van der Waals surface area contributed by atoms with Crippen molar-refractivity contribution in [1.29, 1.82) is 0 Å². The molecule has 4 rings (SSSR count). The van der Waals surface area contributed by atoms with Gasteiger partial charge in [-0.3, -0.25) is 9.59 Å². The van der Waals surface area contributed by atoms with Crippen molar-refractivity contribution in [2.45, 2.75) is 44.1 Å². The summed E-state index contributed by atoms with van der Waals surface area (Å²) in [5.74, 6) is 1.42. The van der Waals surface area contributed by atoms with E-state index in [9.17, 15) is 9.59 Å². The highest BCUT2D eigenvalue weighted by Crippen LogP contribution is 2.42. The number of ketones is 1. The monoisotopic (exact) mass is 329 g/mol. The van der Waals surface area contributed by atoms with Crippen LogP contribution in [0.5, 0.6) is 0 Å². The third kappa shape index (κ3) is 2.85. The summed E-state index contributed by atoms with van der Waals surface area (Å²) in [7, 11) is 0.